The molecular weight excluding hydrogens is 304 g/mol. The van der Waals surface area contributed by atoms with Gasteiger partial charge in [0.2, 0.25) is 0 Å². The van der Waals surface area contributed by atoms with Crippen LogP contribution in [0.4, 0.5) is 0 Å². The maximum absolute atomic E-state index is 13.1. The van der Waals surface area contributed by atoms with Crippen LogP contribution in [0.5, 0.6) is 0 Å². The third-order valence-electron chi connectivity index (χ3n) is 5.18. The van der Waals surface area contributed by atoms with Crippen LogP contribution >= 0.6 is 0 Å². The van der Waals surface area contributed by atoms with E-state index in [0.29, 0.717) is 18.0 Å². The topological polar surface area (TPSA) is 70.5 Å². The minimum atomic E-state index is -0.823. The van der Waals surface area contributed by atoms with Crippen LogP contribution in [-0.2, 0) is 4.79 Å². The molecule has 24 heavy (non-hydrogen) atoms. The fraction of sp³-hybridized carbons (Fsp3) is 0.421. The number of hydrogen-bond acceptors (Lipinski definition) is 3. The lowest BCUT2D eigenvalue weighted by molar-refractivity contribution is -0.142. The fourth-order valence-corrected chi connectivity index (χ4v) is 3.59. The number of carboxylic acid groups (broad SMARTS) is 1. The Morgan fingerprint density at radius 2 is 1.96 bits per heavy atom. The smallest absolute Gasteiger partial charge is 0.308 e. The van der Waals surface area contributed by atoms with Crippen LogP contribution in [0.1, 0.15) is 41.7 Å². The SMILES string of the molecule is C[C@@H]1CN(C(=O)c2cc(C3CC3)nc3ccccc23)C[C@H]1C(=O)O. The number of carbonyl (C=O) groups is 2. The Morgan fingerprint density at radius 3 is 2.62 bits per heavy atom. The summed E-state index contributed by atoms with van der Waals surface area (Å²) < 4.78 is 0. The molecular formula is C19H20N2O3. The lowest BCUT2D eigenvalue weighted by Crippen LogP contribution is -2.30. The zero-order valence-electron chi connectivity index (χ0n) is 13.6. The molecule has 1 amide bonds. The van der Waals surface area contributed by atoms with E-state index in [0.717, 1.165) is 29.4 Å². The molecule has 1 aliphatic carbocycles. The first kappa shape index (κ1) is 15.1. The maximum Gasteiger partial charge on any atom is 0.308 e. The zero-order chi connectivity index (χ0) is 16.8. The second-order valence-corrected chi connectivity index (χ2v) is 7.02. The van der Waals surface area contributed by atoms with Crippen molar-refractivity contribution in [3.63, 3.8) is 0 Å². The summed E-state index contributed by atoms with van der Waals surface area (Å²) in [6, 6.07) is 9.61. The van der Waals surface area contributed by atoms with E-state index in [4.69, 9.17) is 4.98 Å². The van der Waals surface area contributed by atoms with Gasteiger partial charge in [0, 0.05) is 30.1 Å². The second-order valence-electron chi connectivity index (χ2n) is 7.02. The molecule has 1 aromatic heterocycles. The first-order valence-corrected chi connectivity index (χ1v) is 8.46. The predicted octanol–water partition coefficient (Wildman–Crippen LogP) is 2.90. The van der Waals surface area contributed by atoms with Crippen molar-refractivity contribution in [2.24, 2.45) is 11.8 Å². The number of fused-ring (bicyclic) bond motifs is 1. The number of rotatable bonds is 3. The van der Waals surface area contributed by atoms with Gasteiger partial charge >= 0.3 is 5.97 Å². The Hall–Kier alpha value is -2.43. The normalized spacial score (nSPS) is 23.6. The van der Waals surface area contributed by atoms with Crippen LogP contribution in [0.3, 0.4) is 0 Å². The van der Waals surface area contributed by atoms with Crippen LogP contribution in [-0.4, -0.2) is 40.0 Å². The molecule has 0 radical (unpaired) electrons. The lowest BCUT2D eigenvalue weighted by atomic mass is 9.99. The summed E-state index contributed by atoms with van der Waals surface area (Å²) in [6.45, 7) is 2.67. The molecule has 2 aliphatic rings. The average Bonchev–Trinajstić information content (AvgIpc) is 3.35. The molecule has 2 aromatic rings. The largest absolute Gasteiger partial charge is 0.481 e. The number of carboxylic acids is 1. The quantitative estimate of drug-likeness (QED) is 0.942. The minimum absolute atomic E-state index is 0.0255. The molecule has 1 saturated carbocycles. The number of amides is 1. The predicted molar refractivity (Wildman–Crippen MR) is 89.9 cm³/mol. The van der Waals surface area contributed by atoms with Crippen molar-refractivity contribution in [2.45, 2.75) is 25.7 Å². The average molecular weight is 324 g/mol. The summed E-state index contributed by atoms with van der Waals surface area (Å²) in [7, 11) is 0. The minimum Gasteiger partial charge on any atom is -0.481 e. The zero-order valence-corrected chi connectivity index (χ0v) is 13.6. The molecule has 0 bridgehead atoms. The standard InChI is InChI=1S/C19H20N2O3/c1-11-9-21(10-15(11)19(23)24)18(22)14-8-17(12-6-7-12)20-16-5-3-2-4-13(14)16/h2-5,8,11-12,15H,6-7,9-10H2,1H3,(H,23,24)/t11-,15-/m1/s1. The van der Waals surface area contributed by atoms with Crippen molar-refractivity contribution in [1.82, 2.24) is 9.88 Å². The van der Waals surface area contributed by atoms with Gasteiger partial charge < -0.3 is 10.0 Å². The van der Waals surface area contributed by atoms with Crippen LogP contribution < -0.4 is 0 Å². The molecule has 1 aromatic carbocycles. The van der Waals surface area contributed by atoms with Gasteiger partial charge in [-0.2, -0.15) is 0 Å². The highest BCUT2D eigenvalue weighted by atomic mass is 16.4. The summed E-state index contributed by atoms with van der Waals surface area (Å²) in [4.78, 5) is 30.8. The van der Waals surface area contributed by atoms with Gasteiger partial charge in [-0.05, 0) is 30.9 Å². The Bertz CT molecular complexity index is 828. The van der Waals surface area contributed by atoms with Gasteiger partial charge in [-0.15, -0.1) is 0 Å². The number of hydrogen-bond donors (Lipinski definition) is 1. The second kappa shape index (κ2) is 5.58. The van der Waals surface area contributed by atoms with E-state index in [9.17, 15) is 14.7 Å². The van der Waals surface area contributed by atoms with Crippen LogP contribution in [0.2, 0.25) is 0 Å². The van der Waals surface area contributed by atoms with Crippen molar-refractivity contribution in [1.29, 1.82) is 0 Å². The number of carbonyl (C=O) groups excluding carboxylic acids is 1. The number of pyridine rings is 1. The van der Waals surface area contributed by atoms with Gasteiger partial charge in [0.1, 0.15) is 0 Å². The molecule has 2 fully saturated rings. The Labute approximate surface area is 140 Å². The maximum atomic E-state index is 13.1. The van der Waals surface area contributed by atoms with Gasteiger partial charge in [-0.3, -0.25) is 14.6 Å². The third kappa shape index (κ3) is 2.54. The van der Waals surface area contributed by atoms with Gasteiger partial charge in [-0.1, -0.05) is 25.1 Å². The van der Waals surface area contributed by atoms with Crippen molar-refractivity contribution in [3.05, 3.63) is 41.6 Å². The summed E-state index contributed by atoms with van der Waals surface area (Å²) in [5.74, 6) is -0.944. The monoisotopic (exact) mass is 324 g/mol. The number of aromatic nitrogens is 1. The van der Waals surface area contributed by atoms with Crippen molar-refractivity contribution < 1.29 is 14.7 Å². The molecule has 2 heterocycles. The number of aliphatic carboxylic acids is 1. The molecule has 1 aliphatic heterocycles. The number of benzene rings is 1. The number of para-hydroxylation sites is 1. The Kier molecular flexibility index (Phi) is 3.52. The van der Waals surface area contributed by atoms with E-state index in [2.05, 4.69) is 0 Å². The van der Waals surface area contributed by atoms with Crippen molar-refractivity contribution >= 4 is 22.8 Å². The summed E-state index contributed by atoms with van der Waals surface area (Å²) in [5.41, 5.74) is 2.48. The van der Waals surface area contributed by atoms with E-state index in [1.54, 1.807) is 4.90 Å². The van der Waals surface area contributed by atoms with E-state index in [1.807, 2.05) is 37.3 Å². The third-order valence-corrected chi connectivity index (χ3v) is 5.18. The molecule has 5 heteroatoms. The molecule has 5 nitrogen and oxygen atoms in total. The Morgan fingerprint density at radius 1 is 1.21 bits per heavy atom. The van der Waals surface area contributed by atoms with E-state index >= 15 is 0 Å². The highest BCUT2D eigenvalue weighted by Gasteiger charge is 2.38. The molecule has 4 rings (SSSR count). The first-order chi connectivity index (χ1) is 11.5. The molecule has 1 N–H and O–H groups in total. The van der Waals surface area contributed by atoms with Crippen LogP contribution in [0.15, 0.2) is 30.3 Å². The molecule has 1 saturated heterocycles. The van der Waals surface area contributed by atoms with Crippen LogP contribution in [0.25, 0.3) is 10.9 Å². The fourth-order valence-electron chi connectivity index (χ4n) is 3.59. The molecule has 0 spiro atoms. The highest BCUT2D eigenvalue weighted by molar-refractivity contribution is 6.06. The Balaban J connectivity index is 1.73. The molecule has 2 atom stereocenters. The summed E-state index contributed by atoms with van der Waals surface area (Å²) in [5, 5.41) is 10.1. The van der Waals surface area contributed by atoms with E-state index in [-0.39, 0.29) is 18.4 Å². The van der Waals surface area contributed by atoms with Gasteiger partial charge in [-0.25, -0.2) is 0 Å². The molecule has 124 valence electrons. The van der Waals surface area contributed by atoms with Crippen molar-refractivity contribution in [3.8, 4) is 0 Å². The molecule has 0 unspecified atom stereocenters. The summed E-state index contributed by atoms with van der Waals surface area (Å²) in [6.07, 6.45) is 2.25. The van der Waals surface area contributed by atoms with Crippen molar-refractivity contribution in [2.75, 3.05) is 13.1 Å². The first-order valence-electron chi connectivity index (χ1n) is 8.46. The van der Waals surface area contributed by atoms with Crippen LogP contribution in [0, 0.1) is 11.8 Å². The van der Waals surface area contributed by atoms with E-state index < -0.39 is 11.9 Å². The van der Waals surface area contributed by atoms with Gasteiger partial charge in [0.15, 0.2) is 0 Å². The van der Waals surface area contributed by atoms with E-state index in [1.165, 1.54) is 0 Å². The lowest BCUT2D eigenvalue weighted by Gasteiger charge is -2.18. The van der Waals surface area contributed by atoms with Gasteiger partial charge in [0.25, 0.3) is 5.91 Å². The number of nitrogens with zero attached hydrogens (tertiary/aromatic N) is 2. The van der Waals surface area contributed by atoms with Gasteiger partial charge in [0.05, 0.1) is 17.0 Å². The highest BCUT2D eigenvalue weighted by Crippen LogP contribution is 2.40. The summed E-state index contributed by atoms with van der Waals surface area (Å²) >= 11 is 0. The number of likely N-dealkylation sites (tertiary alicyclic amines) is 1.